The van der Waals surface area contributed by atoms with Crippen LogP contribution in [0.15, 0.2) is 48.5 Å². The second kappa shape index (κ2) is 6.39. The number of aliphatic carboxylic acids is 1. The summed E-state index contributed by atoms with van der Waals surface area (Å²) in [6.07, 6.45) is -0.674. The van der Waals surface area contributed by atoms with Crippen LogP contribution in [-0.4, -0.2) is 47.0 Å². The first-order valence-electron chi connectivity index (χ1n) is 8.91. The lowest BCUT2D eigenvalue weighted by Gasteiger charge is -2.31. The highest BCUT2D eigenvalue weighted by Crippen LogP contribution is 2.44. The standard InChI is InChI=1S/C21H21NO5/c1-21(2)22(18(12-27-21)19(23)24)20(25)26-11-17-15-9-5-3-7-13(15)14-8-4-6-10-16(14)17/h3-10,17-18H,11-12H2,1-2H3,(H,23,24)/t18-/m1/s1. The van der Waals surface area contributed by atoms with Gasteiger partial charge in [0.1, 0.15) is 12.3 Å². The van der Waals surface area contributed by atoms with Crippen molar-refractivity contribution in [3.05, 3.63) is 59.7 Å². The van der Waals surface area contributed by atoms with Crippen LogP contribution in [0.2, 0.25) is 0 Å². The van der Waals surface area contributed by atoms with Crippen LogP contribution in [0.25, 0.3) is 11.1 Å². The van der Waals surface area contributed by atoms with Crippen molar-refractivity contribution in [1.82, 2.24) is 4.90 Å². The summed E-state index contributed by atoms with van der Waals surface area (Å²) in [5, 5.41) is 9.38. The Balaban J connectivity index is 1.57. The van der Waals surface area contributed by atoms with Gasteiger partial charge in [0.25, 0.3) is 0 Å². The number of benzene rings is 2. The number of carboxylic acids is 1. The lowest BCUT2D eigenvalue weighted by molar-refractivity contribution is -0.142. The largest absolute Gasteiger partial charge is 0.480 e. The minimum absolute atomic E-state index is 0.0491. The summed E-state index contributed by atoms with van der Waals surface area (Å²) in [7, 11) is 0. The van der Waals surface area contributed by atoms with Crippen LogP contribution in [0, 0.1) is 0 Å². The van der Waals surface area contributed by atoms with Gasteiger partial charge in [-0.3, -0.25) is 4.90 Å². The van der Waals surface area contributed by atoms with Crippen LogP contribution >= 0.6 is 0 Å². The Morgan fingerprint density at radius 3 is 2.22 bits per heavy atom. The molecule has 1 aliphatic carbocycles. The van der Waals surface area contributed by atoms with Crippen molar-refractivity contribution in [2.45, 2.75) is 31.5 Å². The highest BCUT2D eigenvalue weighted by molar-refractivity contribution is 5.82. The summed E-state index contributed by atoms with van der Waals surface area (Å²) in [5.74, 6) is -1.18. The van der Waals surface area contributed by atoms with Gasteiger partial charge >= 0.3 is 12.1 Å². The van der Waals surface area contributed by atoms with Crippen LogP contribution in [0.1, 0.15) is 30.9 Å². The second-order valence-corrected chi connectivity index (χ2v) is 7.29. The molecule has 0 unspecified atom stereocenters. The van der Waals surface area contributed by atoms with E-state index in [1.807, 2.05) is 36.4 Å². The lowest BCUT2D eigenvalue weighted by Crippen LogP contribution is -2.51. The van der Waals surface area contributed by atoms with Crippen molar-refractivity contribution in [2.24, 2.45) is 0 Å². The molecule has 1 amide bonds. The van der Waals surface area contributed by atoms with Crippen LogP contribution in [0.3, 0.4) is 0 Å². The number of carbonyl (C=O) groups is 2. The zero-order valence-electron chi connectivity index (χ0n) is 15.2. The molecule has 1 atom stereocenters. The van der Waals surface area contributed by atoms with Gasteiger partial charge in [0.05, 0.1) is 6.61 Å². The first kappa shape index (κ1) is 17.5. The minimum Gasteiger partial charge on any atom is -0.480 e. The number of carboxylic acid groups (broad SMARTS) is 1. The predicted octanol–water partition coefficient (Wildman–Crippen LogP) is 3.46. The van der Waals surface area contributed by atoms with Gasteiger partial charge < -0.3 is 14.6 Å². The number of fused-ring (bicyclic) bond motifs is 3. The minimum atomic E-state index is -1.10. The zero-order valence-corrected chi connectivity index (χ0v) is 15.2. The molecule has 2 aromatic carbocycles. The van der Waals surface area contributed by atoms with Gasteiger partial charge in [-0.25, -0.2) is 9.59 Å². The molecule has 27 heavy (non-hydrogen) atoms. The molecule has 6 nitrogen and oxygen atoms in total. The molecule has 0 spiro atoms. The molecule has 1 fully saturated rings. The average molecular weight is 367 g/mol. The Bertz CT molecular complexity index is 861. The van der Waals surface area contributed by atoms with Gasteiger partial charge in [-0.05, 0) is 36.1 Å². The Morgan fingerprint density at radius 2 is 1.67 bits per heavy atom. The number of hydrogen-bond acceptors (Lipinski definition) is 4. The van der Waals surface area contributed by atoms with E-state index in [9.17, 15) is 14.7 Å². The maximum Gasteiger partial charge on any atom is 0.412 e. The van der Waals surface area contributed by atoms with E-state index in [1.54, 1.807) is 13.8 Å². The smallest absolute Gasteiger partial charge is 0.412 e. The van der Waals surface area contributed by atoms with E-state index >= 15 is 0 Å². The van der Waals surface area contributed by atoms with Crippen molar-refractivity contribution in [2.75, 3.05) is 13.2 Å². The molecule has 1 saturated heterocycles. The van der Waals surface area contributed by atoms with E-state index in [4.69, 9.17) is 9.47 Å². The highest BCUT2D eigenvalue weighted by Gasteiger charge is 2.48. The van der Waals surface area contributed by atoms with Crippen LogP contribution in [-0.2, 0) is 14.3 Å². The number of amides is 1. The fourth-order valence-electron chi connectivity index (χ4n) is 3.99. The fraction of sp³-hybridized carbons (Fsp3) is 0.333. The summed E-state index contributed by atoms with van der Waals surface area (Å²) < 4.78 is 11.1. The number of nitrogens with zero attached hydrogens (tertiary/aromatic N) is 1. The van der Waals surface area contributed by atoms with Gasteiger partial charge in [-0.2, -0.15) is 0 Å². The van der Waals surface area contributed by atoms with Crippen molar-refractivity contribution < 1.29 is 24.2 Å². The molecule has 4 rings (SSSR count). The molecular formula is C21H21NO5. The molecule has 1 N–H and O–H groups in total. The Labute approximate surface area is 157 Å². The maximum atomic E-state index is 12.7. The fourth-order valence-corrected chi connectivity index (χ4v) is 3.99. The molecule has 2 aromatic rings. The molecule has 0 radical (unpaired) electrons. The number of ether oxygens (including phenoxy) is 2. The van der Waals surface area contributed by atoms with Gasteiger partial charge in [0, 0.05) is 5.92 Å². The Morgan fingerprint density at radius 1 is 1.11 bits per heavy atom. The zero-order chi connectivity index (χ0) is 19.2. The number of rotatable bonds is 3. The van der Waals surface area contributed by atoms with Crippen molar-refractivity contribution in [3.63, 3.8) is 0 Å². The molecule has 0 bridgehead atoms. The summed E-state index contributed by atoms with van der Waals surface area (Å²) in [4.78, 5) is 25.3. The Kier molecular flexibility index (Phi) is 4.15. The first-order chi connectivity index (χ1) is 12.9. The van der Waals surface area contributed by atoms with E-state index in [0.717, 1.165) is 22.3 Å². The first-order valence-corrected chi connectivity index (χ1v) is 8.91. The molecular weight excluding hydrogens is 346 g/mol. The van der Waals surface area contributed by atoms with Crippen LogP contribution < -0.4 is 0 Å². The van der Waals surface area contributed by atoms with E-state index in [0.29, 0.717) is 0 Å². The average Bonchev–Trinajstić information content (AvgIpc) is 3.14. The third-order valence-electron chi connectivity index (χ3n) is 5.30. The lowest BCUT2D eigenvalue weighted by atomic mass is 9.98. The third-order valence-corrected chi connectivity index (χ3v) is 5.30. The van der Waals surface area contributed by atoms with Crippen LogP contribution in [0.4, 0.5) is 4.79 Å². The van der Waals surface area contributed by atoms with E-state index in [1.165, 1.54) is 4.90 Å². The monoisotopic (exact) mass is 367 g/mol. The molecule has 140 valence electrons. The second-order valence-electron chi connectivity index (χ2n) is 7.29. The van der Waals surface area contributed by atoms with Crippen molar-refractivity contribution >= 4 is 12.1 Å². The van der Waals surface area contributed by atoms with E-state index in [-0.39, 0.29) is 19.1 Å². The summed E-state index contributed by atoms with van der Waals surface area (Å²) >= 11 is 0. The predicted molar refractivity (Wildman–Crippen MR) is 98.4 cm³/mol. The van der Waals surface area contributed by atoms with Crippen molar-refractivity contribution in [1.29, 1.82) is 0 Å². The summed E-state index contributed by atoms with van der Waals surface area (Å²) in [6.45, 7) is 3.42. The maximum absolute atomic E-state index is 12.7. The van der Waals surface area contributed by atoms with Crippen molar-refractivity contribution in [3.8, 4) is 11.1 Å². The Hall–Kier alpha value is -2.86. The van der Waals surface area contributed by atoms with Gasteiger partial charge in [-0.15, -0.1) is 0 Å². The van der Waals surface area contributed by atoms with Gasteiger partial charge in [-0.1, -0.05) is 48.5 Å². The van der Waals surface area contributed by atoms with E-state index in [2.05, 4.69) is 12.1 Å². The molecule has 1 aliphatic heterocycles. The number of hydrogen-bond donors (Lipinski definition) is 1. The van der Waals surface area contributed by atoms with Gasteiger partial charge in [0.15, 0.2) is 6.04 Å². The molecule has 0 saturated carbocycles. The number of carbonyl (C=O) groups excluding carboxylic acids is 1. The third kappa shape index (κ3) is 2.86. The van der Waals surface area contributed by atoms with Crippen LogP contribution in [0.5, 0.6) is 0 Å². The highest BCUT2D eigenvalue weighted by atomic mass is 16.6. The molecule has 0 aromatic heterocycles. The summed E-state index contributed by atoms with van der Waals surface area (Å²) in [5.41, 5.74) is 3.48. The SMILES string of the molecule is CC1(C)OC[C@H](C(=O)O)N1C(=O)OCC1c2ccccc2-c2ccccc21. The normalized spacial score (nSPS) is 20.2. The molecule has 1 heterocycles. The topological polar surface area (TPSA) is 76.1 Å². The molecule has 6 heteroatoms. The quantitative estimate of drug-likeness (QED) is 0.899. The van der Waals surface area contributed by atoms with Gasteiger partial charge in [0.2, 0.25) is 0 Å². The van der Waals surface area contributed by atoms with E-state index < -0.39 is 23.8 Å². The summed E-state index contributed by atoms with van der Waals surface area (Å²) in [6, 6.07) is 15.1. The molecule has 2 aliphatic rings.